The average Bonchev–Trinajstić information content (AvgIpc) is 3.33. The number of carbonyl (C=O) groups excluding carboxylic acids is 1. The minimum atomic E-state index is -1.03. The number of aromatic nitrogens is 1. The lowest BCUT2D eigenvalue weighted by Crippen LogP contribution is -2.56. The number of aliphatic carboxylic acids is 1. The number of rotatable bonds is 6. The van der Waals surface area contributed by atoms with Crippen molar-refractivity contribution in [2.45, 2.75) is 25.1 Å². The monoisotopic (exact) mass is 508 g/mol. The minimum Gasteiger partial charge on any atom is -0.480 e. The summed E-state index contributed by atoms with van der Waals surface area (Å²) < 4.78 is 24.3. The summed E-state index contributed by atoms with van der Waals surface area (Å²) in [6.45, 7) is 2.45. The maximum absolute atomic E-state index is 13.8. The zero-order valence-corrected chi connectivity index (χ0v) is 19.9. The molecule has 0 bridgehead atoms. The van der Waals surface area contributed by atoms with Crippen LogP contribution in [-0.4, -0.2) is 71.7 Å². The molecule has 1 aromatic heterocycles. The second-order valence-corrected chi connectivity index (χ2v) is 9.02. The zero-order chi connectivity index (χ0) is 24.4. The van der Waals surface area contributed by atoms with Crippen molar-refractivity contribution in [1.82, 2.24) is 15.2 Å². The number of nitrogens with zero attached hydrogens (tertiary/aromatic N) is 3. The summed E-state index contributed by atoms with van der Waals surface area (Å²) in [6, 6.07) is 2.01. The second kappa shape index (κ2) is 10.2. The van der Waals surface area contributed by atoms with Crippen LogP contribution >= 0.6 is 22.9 Å². The summed E-state index contributed by atoms with van der Waals surface area (Å²) >= 11 is 7.69. The summed E-state index contributed by atoms with van der Waals surface area (Å²) in [4.78, 5) is 35.6. The van der Waals surface area contributed by atoms with Crippen LogP contribution < -0.4 is 5.32 Å². The van der Waals surface area contributed by atoms with Crippen molar-refractivity contribution in [3.8, 4) is 0 Å². The Balaban J connectivity index is 1.83. The van der Waals surface area contributed by atoms with Gasteiger partial charge in [0.05, 0.1) is 25.4 Å². The van der Waals surface area contributed by atoms with E-state index < -0.39 is 35.9 Å². The highest BCUT2D eigenvalue weighted by Gasteiger charge is 2.39. The lowest BCUT2D eigenvalue weighted by Gasteiger charge is -2.38. The van der Waals surface area contributed by atoms with Gasteiger partial charge in [-0.15, -0.1) is 11.3 Å². The number of aliphatic imine (C=N–C) groups is 1. The maximum atomic E-state index is 13.8. The molecule has 0 amide bonds. The number of hydrogen-bond donors (Lipinski definition) is 2. The van der Waals surface area contributed by atoms with Gasteiger partial charge >= 0.3 is 11.9 Å². The van der Waals surface area contributed by atoms with Gasteiger partial charge in [-0.3, -0.25) is 14.7 Å². The molecular weight excluding hydrogens is 487 g/mol. The first-order valence-electron chi connectivity index (χ1n) is 10.4. The molecule has 34 heavy (non-hydrogen) atoms. The molecular formula is C22H22ClFN4O5S. The molecule has 1 fully saturated rings. The van der Waals surface area contributed by atoms with Crippen LogP contribution in [0.1, 0.15) is 23.5 Å². The van der Waals surface area contributed by atoms with Gasteiger partial charge in [0.1, 0.15) is 17.9 Å². The number of benzene rings is 1. The largest absolute Gasteiger partial charge is 0.480 e. The van der Waals surface area contributed by atoms with Gasteiger partial charge < -0.3 is 19.9 Å². The molecule has 3 atom stereocenters. The van der Waals surface area contributed by atoms with Gasteiger partial charge in [-0.2, -0.15) is 0 Å². The van der Waals surface area contributed by atoms with Crippen molar-refractivity contribution >= 4 is 40.7 Å². The number of thiazole rings is 1. The molecule has 2 aliphatic heterocycles. The molecule has 2 aliphatic rings. The quantitative estimate of drug-likeness (QED) is 0.572. The topological polar surface area (TPSA) is 113 Å². The van der Waals surface area contributed by atoms with E-state index in [-0.39, 0.29) is 17.1 Å². The molecule has 0 spiro atoms. The number of esters is 1. The van der Waals surface area contributed by atoms with E-state index in [1.54, 1.807) is 23.4 Å². The molecule has 180 valence electrons. The zero-order valence-electron chi connectivity index (χ0n) is 18.3. The summed E-state index contributed by atoms with van der Waals surface area (Å²) in [5.41, 5.74) is 0.957. The third-order valence-electron chi connectivity index (χ3n) is 5.63. The van der Waals surface area contributed by atoms with E-state index in [1.165, 1.54) is 30.6 Å². The number of carboxylic acids is 1. The third-order valence-corrected chi connectivity index (χ3v) is 6.74. The SMILES string of the molecule is COC(=O)C1=C(CN2CCOC(C)C2C(=O)O)NC(c2nccs2)=NC1c1ccc(F)cc1Cl. The number of halogens is 2. The number of ether oxygens (including phenoxy) is 2. The van der Waals surface area contributed by atoms with E-state index in [0.29, 0.717) is 35.3 Å². The van der Waals surface area contributed by atoms with Crippen LogP contribution in [0.25, 0.3) is 0 Å². The van der Waals surface area contributed by atoms with E-state index in [1.807, 2.05) is 0 Å². The van der Waals surface area contributed by atoms with Crippen molar-refractivity contribution in [2.24, 2.45) is 4.99 Å². The van der Waals surface area contributed by atoms with Crippen LogP contribution in [0.3, 0.4) is 0 Å². The van der Waals surface area contributed by atoms with E-state index in [9.17, 15) is 19.1 Å². The first-order valence-corrected chi connectivity index (χ1v) is 11.6. The number of carbonyl (C=O) groups is 2. The van der Waals surface area contributed by atoms with Gasteiger partial charge in [0.2, 0.25) is 0 Å². The fourth-order valence-electron chi connectivity index (χ4n) is 4.09. The summed E-state index contributed by atoms with van der Waals surface area (Å²) in [5.74, 6) is -1.84. The standard InChI is InChI=1S/C22H22ClFN4O5S/c1-11-18(21(29)30)28(6-7-33-11)10-15-16(22(31)32-2)17(13-4-3-12(24)9-14(13)23)27-19(26-15)20-25-5-8-34-20/h3-5,8-9,11,17-18H,6-7,10H2,1-2H3,(H,26,27)(H,29,30). The minimum absolute atomic E-state index is 0.0782. The predicted octanol–water partition coefficient (Wildman–Crippen LogP) is 2.63. The lowest BCUT2D eigenvalue weighted by molar-refractivity contribution is -0.155. The fourth-order valence-corrected chi connectivity index (χ4v) is 4.95. The molecule has 4 rings (SSSR count). The van der Waals surface area contributed by atoms with Crippen molar-refractivity contribution < 1.29 is 28.6 Å². The normalized spacial score (nSPS) is 23.3. The molecule has 12 heteroatoms. The maximum Gasteiger partial charge on any atom is 0.338 e. The Bertz CT molecular complexity index is 1160. The number of methoxy groups -OCH3 is 1. The van der Waals surface area contributed by atoms with E-state index >= 15 is 0 Å². The highest BCUT2D eigenvalue weighted by Crippen LogP contribution is 2.37. The van der Waals surface area contributed by atoms with E-state index in [0.717, 1.165) is 6.07 Å². The lowest BCUT2D eigenvalue weighted by atomic mass is 9.94. The number of morpholine rings is 1. The highest BCUT2D eigenvalue weighted by atomic mass is 35.5. The molecule has 3 unspecified atom stereocenters. The van der Waals surface area contributed by atoms with Gasteiger partial charge in [0, 0.05) is 40.9 Å². The molecule has 0 radical (unpaired) electrons. The van der Waals surface area contributed by atoms with Gasteiger partial charge in [0.15, 0.2) is 10.8 Å². The van der Waals surface area contributed by atoms with Gasteiger partial charge in [-0.1, -0.05) is 17.7 Å². The van der Waals surface area contributed by atoms with Crippen LogP contribution in [0.4, 0.5) is 4.39 Å². The molecule has 0 aliphatic carbocycles. The first-order chi connectivity index (χ1) is 16.3. The Morgan fingerprint density at radius 2 is 2.24 bits per heavy atom. The predicted molar refractivity (Wildman–Crippen MR) is 123 cm³/mol. The van der Waals surface area contributed by atoms with Crippen LogP contribution in [0.2, 0.25) is 5.02 Å². The number of hydrogen-bond acceptors (Lipinski definition) is 9. The smallest absolute Gasteiger partial charge is 0.338 e. The first kappa shape index (κ1) is 24.3. The molecule has 2 aromatic rings. The Labute approximate surface area is 203 Å². The molecule has 0 saturated carbocycles. The Morgan fingerprint density at radius 3 is 2.88 bits per heavy atom. The number of nitrogens with one attached hydrogen (secondary N) is 1. The van der Waals surface area contributed by atoms with Crippen LogP contribution in [-0.2, 0) is 19.1 Å². The molecule has 2 N–H and O–H groups in total. The summed E-state index contributed by atoms with van der Waals surface area (Å²) in [6.07, 6.45) is 1.07. The van der Waals surface area contributed by atoms with Crippen molar-refractivity contribution in [2.75, 3.05) is 26.8 Å². The number of carboxylic acid groups (broad SMARTS) is 1. The van der Waals surface area contributed by atoms with Crippen LogP contribution in [0.15, 0.2) is 46.0 Å². The summed E-state index contributed by atoms with van der Waals surface area (Å²) in [7, 11) is 1.24. The van der Waals surface area contributed by atoms with Gasteiger partial charge in [-0.25, -0.2) is 14.2 Å². The second-order valence-electron chi connectivity index (χ2n) is 7.72. The molecule has 3 heterocycles. The molecule has 1 aromatic carbocycles. The fraction of sp³-hybridized carbons (Fsp3) is 0.364. The Morgan fingerprint density at radius 1 is 1.44 bits per heavy atom. The third kappa shape index (κ3) is 4.83. The highest BCUT2D eigenvalue weighted by molar-refractivity contribution is 7.11. The Kier molecular flexibility index (Phi) is 7.27. The van der Waals surface area contributed by atoms with Crippen molar-refractivity contribution in [3.63, 3.8) is 0 Å². The summed E-state index contributed by atoms with van der Waals surface area (Å²) in [5, 5.41) is 15.4. The van der Waals surface area contributed by atoms with Crippen LogP contribution in [0, 0.1) is 5.82 Å². The number of amidine groups is 1. The Hall–Kier alpha value is -2.86. The van der Waals surface area contributed by atoms with Crippen molar-refractivity contribution in [3.05, 3.63) is 62.5 Å². The van der Waals surface area contributed by atoms with Crippen molar-refractivity contribution in [1.29, 1.82) is 0 Å². The van der Waals surface area contributed by atoms with Gasteiger partial charge in [0.25, 0.3) is 0 Å². The van der Waals surface area contributed by atoms with E-state index in [4.69, 9.17) is 21.1 Å². The van der Waals surface area contributed by atoms with E-state index in [2.05, 4.69) is 15.3 Å². The van der Waals surface area contributed by atoms with Crippen LogP contribution in [0.5, 0.6) is 0 Å². The average molecular weight is 509 g/mol. The van der Waals surface area contributed by atoms with Gasteiger partial charge in [-0.05, 0) is 19.1 Å². The molecule has 9 nitrogen and oxygen atoms in total. The molecule has 1 saturated heterocycles.